The fourth-order valence-corrected chi connectivity index (χ4v) is 6.92. The van der Waals surface area contributed by atoms with Crippen LogP contribution >= 0.6 is 11.8 Å². The molecule has 1 aromatic carbocycles. The van der Waals surface area contributed by atoms with Gasteiger partial charge in [0, 0.05) is 11.4 Å². The molecular formula is C32H49N5O5S. The molecule has 1 aromatic rings. The van der Waals surface area contributed by atoms with E-state index < -0.39 is 52.0 Å². The summed E-state index contributed by atoms with van der Waals surface area (Å²) in [7, 11) is 0. The van der Waals surface area contributed by atoms with E-state index in [0.717, 1.165) is 49.8 Å². The van der Waals surface area contributed by atoms with E-state index in [0.29, 0.717) is 12.8 Å². The minimum Gasteiger partial charge on any atom is -0.363 e. The molecule has 0 spiro atoms. The molecule has 3 rings (SSSR count). The van der Waals surface area contributed by atoms with E-state index >= 15 is 0 Å². The first kappa shape index (κ1) is 34.4. The number of nitrogens with zero attached hydrogens (tertiary/aromatic N) is 1. The summed E-state index contributed by atoms with van der Waals surface area (Å²) in [6.45, 7) is 9.38. The lowest BCUT2D eigenvalue weighted by atomic mass is 9.85. The molecule has 1 unspecified atom stereocenters. The molecule has 5 amide bonds. The number of urea groups is 1. The van der Waals surface area contributed by atoms with Crippen LogP contribution in [-0.2, 0) is 19.2 Å². The van der Waals surface area contributed by atoms with Gasteiger partial charge in [-0.3, -0.25) is 19.2 Å². The average Bonchev–Trinajstić information content (AvgIpc) is 3.77. The minimum atomic E-state index is -1.09. The normalized spacial score (nSPS) is 18.4. The molecule has 11 heteroatoms. The fraction of sp³-hybridized carbons (Fsp3) is 0.656. The molecule has 3 atom stereocenters. The van der Waals surface area contributed by atoms with Crippen LogP contribution in [0.3, 0.4) is 0 Å². The molecule has 10 nitrogen and oxygen atoms in total. The maximum absolute atomic E-state index is 14.1. The maximum Gasteiger partial charge on any atom is 0.316 e. The number of rotatable bonds is 14. The average molecular weight is 616 g/mol. The molecule has 0 saturated heterocycles. The molecule has 43 heavy (non-hydrogen) atoms. The summed E-state index contributed by atoms with van der Waals surface area (Å²) >= 11 is 1.64. The summed E-state index contributed by atoms with van der Waals surface area (Å²) in [6.07, 6.45) is 7.53. The summed E-state index contributed by atoms with van der Waals surface area (Å²) in [5.74, 6) is -2.60. The smallest absolute Gasteiger partial charge is 0.316 e. The molecule has 2 aliphatic carbocycles. The second kappa shape index (κ2) is 15.1. The quantitative estimate of drug-likeness (QED) is 0.183. The molecule has 0 aromatic heterocycles. The zero-order valence-corrected chi connectivity index (χ0v) is 27.1. The summed E-state index contributed by atoms with van der Waals surface area (Å²) in [5, 5.41) is 8.85. The first-order valence-electron chi connectivity index (χ1n) is 15.5. The van der Waals surface area contributed by atoms with Crippen LogP contribution in [-0.4, -0.2) is 64.0 Å². The second-order valence-corrected chi connectivity index (χ2v) is 14.5. The van der Waals surface area contributed by atoms with Gasteiger partial charge in [0.25, 0.3) is 5.91 Å². The monoisotopic (exact) mass is 615 g/mol. The van der Waals surface area contributed by atoms with Gasteiger partial charge in [0.1, 0.15) is 12.1 Å². The number of benzene rings is 1. The molecule has 2 aliphatic rings. The second-order valence-electron chi connectivity index (χ2n) is 13.0. The van der Waals surface area contributed by atoms with Crippen molar-refractivity contribution in [2.24, 2.45) is 17.1 Å². The Hall–Kier alpha value is -3.08. The van der Waals surface area contributed by atoms with Gasteiger partial charge in [-0.05, 0) is 56.1 Å². The van der Waals surface area contributed by atoms with Crippen molar-refractivity contribution < 1.29 is 24.0 Å². The zero-order chi connectivity index (χ0) is 31.8. The predicted molar refractivity (Wildman–Crippen MR) is 168 cm³/mol. The molecular weight excluding hydrogens is 566 g/mol. The Balaban J connectivity index is 1.76. The van der Waals surface area contributed by atoms with E-state index in [-0.39, 0.29) is 18.4 Å². The standard InChI is InChI=1S/C32H49N5O5S/c1-6-19-37(21(2)28(40)34-24(20-22-15-16-22)25(38)27(33)39)29(41)26(31(3,4)5)35-30(42)36-32(17-11-8-12-18-32)43-23-13-9-7-10-14-23/h7,9-10,13-14,21-22,24,26H,6,8,11-12,15-20H2,1-5H3,(H2,33,39)(H,34,40)(H2,35,36,42)/t21-,24?,26+/m0/s1. The highest BCUT2D eigenvalue weighted by atomic mass is 32.2. The van der Waals surface area contributed by atoms with Crippen molar-refractivity contribution in [3.63, 3.8) is 0 Å². The first-order chi connectivity index (χ1) is 20.3. The van der Waals surface area contributed by atoms with Crippen molar-refractivity contribution in [3.05, 3.63) is 30.3 Å². The van der Waals surface area contributed by atoms with Crippen LogP contribution < -0.4 is 21.7 Å². The lowest BCUT2D eigenvalue weighted by Crippen LogP contribution is -2.62. The van der Waals surface area contributed by atoms with E-state index in [1.165, 1.54) is 4.90 Å². The van der Waals surface area contributed by atoms with Gasteiger partial charge in [0.2, 0.25) is 17.6 Å². The fourth-order valence-electron chi connectivity index (χ4n) is 5.54. The van der Waals surface area contributed by atoms with Crippen molar-refractivity contribution in [2.75, 3.05) is 6.54 Å². The highest BCUT2D eigenvalue weighted by molar-refractivity contribution is 8.00. The third-order valence-electron chi connectivity index (χ3n) is 8.18. The van der Waals surface area contributed by atoms with Crippen LogP contribution in [0.15, 0.2) is 35.2 Å². The molecule has 0 aliphatic heterocycles. The Morgan fingerprint density at radius 2 is 1.65 bits per heavy atom. The molecule has 2 saturated carbocycles. The van der Waals surface area contributed by atoms with Gasteiger partial charge in [-0.2, -0.15) is 0 Å². The van der Waals surface area contributed by atoms with Gasteiger partial charge in [-0.15, -0.1) is 0 Å². The van der Waals surface area contributed by atoms with Crippen molar-refractivity contribution in [3.8, 4) is 0 Å². The number of thioether (sulfide) groups is 1. The Morgan fingerprint density at radius 1 is 1.02 bits per heavy atom. The lowest BCUT2D eigenvalue weighted by Gasteiger charge is -2.40. The summed E-state index contributed by atoms with van der Waals surface area (Å²) in [4.78, 5) is 67.1. The van der Waals surface area contributed by atoms with Crippen molar-refractivity contribution in [1.29, 1.82) is 0 Å². The largest absolute Gasteiger partial charge is 0.363 e. The van der Waals surface area contributed by atoms with Gasteiger partial charge in [-0.25, -0.2) is 4.79 Å². The number of hydrogen-bond donors (Lipinski definition) is 4. The highest BCUT2D eigenvalue weighted by Crippen LogP contribution is 2.42. The van der Waals surface area contributed by atoms with Crippen molar-refractivity contribution >= 4 is 41.3 Å². The molecule has 5 N–H and O–H groups in total. The summed E-state index contributed by atoms with van der Waals surface area (Å²) in [6, 6.07) is 6.67. The number of carbonyl (C=O) groups is 5. The van der Waals surface area contributed by atoms with E-state index in [9.17, 15) is 24.0 Å². The van der Waals surface area contributed by atoms with Gasteiger partial charge < -0.3 is 26.6 Å². The maximum atomic E-state index is 14.1. The van der Waals surface area contributed by atoms with Gasteiger partial charge >= 0.3 is 6.03 Å². The van der Waals surface area contributed by atoms with E-state index in [1.807, 2.05) is 58.0 Å². The number of primary amides is 1. The molecule has 0 radical (unpaired) electrons. The molecule has 0 bridgehead atoms. The Kier molecular flexibility index (Phi) is 12.1. The SMILES string of the molecule is CCCN(C(=O)[C@@H](NC(=O)NC1(Sc2ccccc2)CCCCC1)C(C)(C)C)[C@@H](C)C(=O)NC(CC1CC1)C(=O)C(N)=O. The van der Waals surface area contributed by atoms with Crippen LogP contribution in [0.1, 0.15) is 92.4 Å². The third kappa shape index (κ3) is 9.98. The molecule has 2 fully saturated rings. The van der Waals surface area contributed by atoms with Gasteiger partial charge in [0.05, 0.1) is 10.9 Å². The lowest BCUT2D eigenvalue weighted by molar-refractivity contribution is -0.144. The van der Waals surface area contributed by atoms with Crippen molar-refractivity contribution in [2.45, 2.75) is 120 Å². The van der Waals surface area contributed by atoms with Gasteiger partial charge in [0.15, 0.2) is 0 Å². The Morgan fingerprint density at radius 3 is 2.19 bits per heavy atom. The number of Topliss-reactive ketones (excluding diaryl/α,β-unsaturated/α-hetero) is 1. The number of amides is 5. The molecule has 0 heterocycles. The number of nitrogens with two attached hydrogens (primary N) is 1. The first-order valence-corrected chi connectivity index (χ1v) is 16.3. The topological polar surface area (TPSA) is 151 Å². The number of nitrogens with one attached hydrogen (secondary N) is 3. The number of ketones is 1. The van der Waals surface area contributed by atoms with E-state index in [1.54, 1.807) is 18.7 Å². The number of carbonyl (C=O) groups excluding carboxylic acids is 5. The van der Waals surface area contributed by atoms with Crippen molar-refractivity contribution in [1.82, 2.24) is 20.9 Å². The van der Waals surface area contributed by atoms with Crippen LogP contribution in [0.4, 0.5) is 4.79 Å². The third-order valence-corrected chi connectivity index (χ3v) is 9.59. The van der Waals surface area contributed by atoms with E-state index in [4.69, 9.17) is 5.73 Å². The minimum absolute atomic E-state index is 0.262. The van der Waals surface area contributed by atoms with Gasteiger partial charge in [-0.1, -0.05) is 89.8 Å². The summed E-state index contributed by atoms with van der Waals surface area (Å²) < 4.78 is 0. The van der Waals surface area contributed by atoms with Crippen LogP contribution in [0, 0.1) is 11.3 Å². The zero-order valence-electron chi connectivity index (χ0n) is 26.2. The summed E-state index contributed by atoms with van der Waals surface area (Å²) in [5.41, 5.74) is 4.57. The highest BCUT2D eigenvalue weighted by Gasteiger charge is 2.41. The van der Waals surface area contributed by atoms with Crippen LogP contribution in [0.25, 0.3) is 0 Å². The molecule has 238 valence electrons. The Bertz CT molecular complexity index is 1140. The Labute approximate surface area is 260 Å². The van der Waals surface area contributed by atoms with Crippen LogP contribution in [0.2, 0.25) is 0 Å². The number of hydrogen-bond acceptors (Lipinski definition) is 6. The predicted octanol–water partition coefficient (Wildman–Crippen LogP) is 4.12. The van der Waals surface area contributed by atoms with E-state index in [2.05, 4.69) is 16.0 Å². The van der Waals surface area contributed by atoms with Crippen LogP contribution in [0.5, 0.6) is 0 Å².